The van der Waals surface area contributed by atoms with Gasteiger partial charge >= 0.3 is 0 Å². The monoisotopic (exact) mass is 343 g/mol. The summed E-state index contributed by atoms with van der Waals surface area (Å²) in [5, 5.41) is 14.1. The molecule has 0 aliphatic carbocycles. The molecule has 1 atom stereocenters. The van der Waals surface area contributed by atoms with Crippen LogP contribution in [0.2, 0.25) is 0 Å². The van der Waals surface area contributed by atoms with Crippen LogP contribution in [0, 0.1) is 23.0 Å². The molecule has 7 nitrogen and oxygen atoms in total. The lowest BCUT2D eigenvalue weighted by molar-refractivity contribution is -0.385. The summed E-state index contributed by atoms with van der Waals surface area (Å²) in [7, 11) is 1.44. The molecule has 1 heterocycles. The fourth-order valence-electron chi connectivity index (χ4n) is 2.58. The van der Waals surface area contributed by atoms with Crippen molar-refractivity contribution >= 4 is 11.6 Å². The predicted molar refractivity (Wildman–Crippen MR) is 93.7 cm³/mol. The summed E-state index contributed by atoms with van der Waals surface area (Å²) in [4.78, 5) is 27.8. The Morgan fingerprint density at radius 3 is 2.60 bits per heavy atom. The Hall–Kier alpha value is -2.96. The first-order valence-corrected chi connectivity index (χ1v) is 7.90. The van der Waals surface area contributed by atoms with Crippen molar-refractivity contribution in [2.75, 3.05) is 7.11 Å². The van der Waals surface area contributed by atoms with Crippen LogP contribution in [0.1, 0.15) is 41.5 Å². The Morgan fingerprint density at radius 1 is 1.32 bits per heavy atom. The van der Waals surface area contributed by atoms with Crippen molar-refractivity contribution in [2.45, 2.75) is 26.8 Å². The first kappa shape index (κ1) is 18.4. The van der Waals surface area contributed by atoms with Crippen LogP contribution in [0.15, 0.2) is 36.5 Å². The molecule has 0 spiro atoms. The maximum Gasteiger partial charge on any atom is 0.282 e. The molecule has 0 fully saturated rings. The van der Waals surface area contributed by atoms with Gasteiger partial charge in [-0.25, -0.2) is 0 Å². The second-order valence-electron chi connectivity index (χ2n) is 6.04. The molecule has 1 amide bonds. The van der Waals surface area contributed by atoms with E-state index < -0.39 is 10.8 Å². The second-order valence-corrected chi connectivity index (χ2v) is 6.04. The van der Waals surface area contributed by atoms with Crippen LogP contribution in [0.5, 0.6) is 5.75 Å². The molecule has 132 valence electrons. The van der Waals surface area contributed by atoms with Gasteiger partial charge in [0.2, 0.25) is 0 Å². The van der Waals surface area contributed by atoms with Crippen LogP contribution >= 0.6 is 0 Å². The van der Waals surface area contributed by atoms with Gasteiger partial charge in [-0.1, -0.05) is 19.9 Å². The zero-order valence-electron chi connectivity index (χ0n) is 14.6. The van der Waals surface area contributed by atoms with Crippen molar-refractivity contribution in [2.24, 2.45) is 5.92 Å². The third kappa shape index (κ3) is 4.12. The molecule has 0 saturated heterocycles. The van der Waals surface area contributed by atoms with E-state index in [0.29, 0.717) is 5.75 Å². The van der Waals surface area contributed by atoms with E-state index in [1.54, 1.807) is 6.20 Å². The normalized spacial score (nSPS) is 11.9. The number of pyridine rings is 1. The van der Waals surface area contributed by atoms with Gasteiger partial charge in [-0.2, -0.15) is 0 Å². The maximum atomic E-state index is 12.7. The topological polar surface area (TPSA) is 94.4 Å². The number of carbonyl (C=O) groups excluding carboxylic acids is 1. The van der Waals surface area contributed by atoms with Crippen LogP contribution in [0.3, 0.4) is 0 Å². The number of nitro groups is 1. The summed E-state index contributed by atoms with van der Waals surface area (Å²) in [5.41, 5.74) is 1.39. The van der Waals surface area contributed by atoms with Crippen LogP contribution in [0.4, 0.5) is 5.69 Å². The van der Waals surface area contributed by atoms with Gasteiger partial charge in [0.05, 0.1) is 23.8 Å². The molecule has 1 aromatic heterocycles. The number of carbonyl (C=O) groups is 1. The number of rotatable bonds is 6. The van der Waals surface area contributed by atoms with E-state index in [0.717, 1.165) is 11.3 Å². The van der Waals surface area contributed by atoms with Gasteiger partial charge in [-0.05, 0) is 36.6 Å². The summed E-state index contributed by atoms with van der Waals surface area (Å²) < 4.78 is 5.08. The molecule has 1 aromatic carbocycles. The molecular weight excluding hydrogens is 322 g/mol. The molecule has 0 saturated carbocycles. The van der Waals surface area contributed by atoms with Gasteiger partial charge in [-0.3, -0.25) is 19.9 Å². The number of hydrogen-bond acceptors (Lipinski definition) is 5. The number of hydrogen-bond donors (Lipinski definition) is 1. The van der Waals surface area contributed by atoms with E-state index in [1.807, 2.05) is 32.9 Å². The molecule has 25 heavy (non-hydrogen) atoms. The molecule has 2 rings (SSSR count). The lowest BCUT2D eigenvalue weighted by atomic mass is 9.96. The zero-order chi connectivity index (χ0) is 18.6. The van der Waals surface area contributed by atoms with E-state index >= 15 is 0 Å². The Balaban J connectivity index is 2.40. The summed E-state index contributed by atoms with van der Waals surface area (Å²) >= 11 is 0. The van der Waals surface area contributed by atoms with Gasteiger partial charge in [0.25, 0.3) is 11.6 Å². The average molecular weight is 343 g/mol. The largest absolute Gasteiger partial charge is 0.497 e. The van der Waals surface area contributed by atoms with Gasteiger partial charge < -0.3 is 10.1 Å². The van der Waals surface area contributed by atoms with Crippen molar-refractivity contribution in [3.8, 4) is 5.75 Å². The van der Waals surface area contributed by atoms with Crippen LogP contribution < -0.4 is 10.1 Å². The SMILES string of the molecule is COc1ccc([N+](=O)[O-])c(C(=O)NC(c2ncccc2C)C(C)C)c1. The number of nitro benzene ring substituents is 1. The van der Waals surface area contributed by atoms with Gasteiger partial charge in [-0.15, -0.1) is 0 Å². The third-order valence-electron chi connectivity index (χ3n) is 3.94. The summed E-state index contributed by atoms with van der Waals surface area (Å²) in [6.07, 6.45) is 1.66. The number of nitrogens with zero attached hydrogens (tertiary/aromatic N) is 2. The van der Waals surface area contributed by atoms with Crippen LogP contribution in [0.25, 0.3) is 0 Å². The second kappa shape index (κ2) is 7.74. The summed E-state index contributed by atoms with van der Waals surface area (Å²) in [6, 6.07) is 7.47. The fraction of sp³-hybridized carbons (Fsp3) is 0.333. The molecule has 1 N–H and O–H groups in total. The van der Waals surface area contributed by atoms with E-state index in [-0.39, 0.29) is 23.2 Å². The third-order valence-corrected chi connectivity index (χ3v) is 3.94. The minimum atomic E-state index is -0.579. The molecule has 0 aliphatic rings. The van der Waals surface area contributed by atoms with Crippen molar-refractivity contribution in [1.29, 1.82) is 0 Å². The molecular formula is C18H21N3O4. The quantitative estimate of drug-likeness (QED) is 0.640. The first-order valence-electron chi connectivity index (χ1n) is 7.90. The number of benzene rings is 1. The first-order chi connectivity index (χ1) is 11.8. The molecule has 0 radical (unpaired) electrons. The van der Waals surface area contributed by atoms with Crippen molar-refractivity contribution in [3.05, 3.63) is 63.5 Å². The fourth-order valence-corrected chi connectivity index (χ4v) is 2.58. The van der Waals surface area contributed by atoms with E-state index in [2.05, 4.69) is 10.3 Å². The standard InChI is InChI=1S/C18H21N3O4/c1-11(2)16(17-12(3)6-5-9-19-17)20-18(22)14-10-13(25-4)7-8-15(14)21(23)24/h5-11,16H,1-4H3,(H,20,22). The van der Waals surface area contributed by atoms with E-state index in [9.17, 15) is 14.9 Å². The van der Waals surface area contributed by atoms with Crippen molar-refractivity contribution in [3.63, 3.8) is 0 Å². The number of ether oxygens (including phenoxy) is 1. The number of aromatic nitrogens is 1. The summed E-state index contributed by atoms with van der Waals surface area (Å²) in [6.45, 7) is 5.83. The predicted octanol–water partition coefficient (Wildman–Crippen LogP) is 3.43. The van der Waals surface area contributed by atoms with E-state index in [4.69, 9.17) is 4.74 Å². The van der Waals surface area contributed by atoms with Crippen LogP contribution in [-0.2, 0) is 0 Å². The average Bonchev–Trinajstić information content (AvgIpc) is 2.59. The number of methoxy groups -OCH3 is 1. The van der Waals surface area contributed by atoms with Gasteiger partial charge in [0, 0.05) is 12.3 Å². The Bertz CT molecular complexity index is 790. The highest BCUT2D eigenvalue weighted by Gasteiger charge is 2.26. The number of amides is 1. The molecule has 1 unspecified atom stereocenters. The lowest BCUT2D eigenvalue weighted by Crippen LogP contribution is -2.33. The minimum absolute atomic E-state index is 0.0383. The Morgan fingerprint density at radius 2 is 2.04 bits per heavy atom. The molecule has 7 heteroatoms. The Labute approximate surface area is 146 Å². The zero-order valence-corrected chi connectivity index (χ0v) is 14.6. The van der Waals surface area contributed by atoms with Crippen LogP contribution in [-0.4, -0.2) is 22.9 Å². The minimum Gasteiger partial charge on any atom is -0.497 e. The number of nitrogens with one attached hydrogen (secondary N) is 1. The van der Waals surface area contributed by atoms with Crippen molar-refractivity contribution in [1.82, 2.24) is 10.3 Å². The van der Waals surface area contributed by atoms with Gasteiger partial charge in [0.15, 0.2) is 0 Å². The Kier molecular flexibility index (Phi) is 5.69. The summed E-state index contributed by atoms with van der Waals surface area (Å²) in [5.74, 6) is -0.0950. The molecule has 0 bridgehead atoms. The van der Waals surface area contributed by atoms with Gasteiger partial charge in [0.1, 0.15) is 11.3 Å². The molecule has 0 aliphatic heterocycles. The van der Waals surface area contributed by atoms with Crippen molar-refractivity contribution < 1.29 is 14.5 Å². The number of aryl methyl sites for hydroxylation is 1. The lowest BCUT2D eigenvalue weighted by Gasteiger charge is -2.23. The smallest absolute Gasteiger partial charge is 0.282 e. The highest BCUT2D eigenvalue weighted by molar-refractivity contribution is 5.98. The maximum absolute atomic E-state index is 12.7. The highest BCUT2D eigenvalue weighted by Crippen LogP contribution is 2.27. The molecule has 2 aromatic rings. The highest BCUT2D eigenvalue weighted by atomic mass is 16.6. The van der Waals surface area contributed by atoms with E-state index in [1.165, 1.54) is 25.3 Å².